The predicted molar refractivity (Wildman–Crippen MR) is 166 cm³/mol. The van der Waals surface area contributed by atoms with Crippen molar-refractivity contribution < 1.29 is 19.4 Å². The lowest BCUT2D eigenvalue weighted by molar-refractivity contribution is 0.0285. The number of hydrogen-bond donors (Lipinski definition) is 1. The molecule has 3 saturated heterocycles. The van der Waals surface area contributed by atoms with Crippen molar-refractivity contribution in [2.75, 3.05) is 51.8 Å². The van der Waals surface area contributed by atoms with Crippen LogP contribution in [0.3, 0.4) is 0 Å². The lowest BCUT2D eigenvalue weighted by Gasteiger charge is -2.47. The molecule has 0 saturated carbocycles. The number of rotatable bonds is 7. The van der Waals surface area contributed by atoms with E-state index in [2.05, 4.69) is 28.0 Å². The third kappa shape index (κ3) is 7.11. The van der Waals surface area contributed by atoms with Gasteiger partial charge in [-0.05, 0) is 99.5 Å². The topological polar surface area (TPSA) is 89.3 Å². The van der Waals surface area contributed by atoms with E-state index in [1.165, 1.54) is 24.3 Å². The molecule has 2 atom stereocenters. The number of thiophene rings is 1. The Morgan fingerprint density at radius 2 is 1.73 bits per heavy atom. The first kappa shape index (κ1) is 31.0. The lowest BCUT2D eigenvalue weighted by Crippen LogP contribution is -2.56. The zero-order chi connectivity index (χ0) is 28.1. The Labute approximate surface area is 253 Å². The number of hydrogen-bond acceptors (Lipinski definition) is 7. The number of carbonyl (C=O) groups is 1. The SMILES string of the molecule is COc1ccc(C(C#N)=Cc2ccc(N3CCC(C4CC(N5CCCCC5)CCN4C(=O)O)CC3)s2)cc1OC.Cl. The quantitative estimate of drug-likeness (QED) is 0.365. The molecule has 222 valence electrons. The average Bonchev–Trinajstić information content (AvgIpc) is 3.48. The summed E-state index contributed by atoms with van der Waals surface area (Å²) in [7, 11) is 3.19. The van der Waals surface area contributed by atoms with Crippen molar-refractivity contribution in [2.24, 2.45) is 5.92 Å². The zero-order valence-corrected chi connectivity index (χ0v) is 25.6. The van der Waals surface area contributed by atoms with Gasteiger partial charge in [0.1, 0.15) is 0 Å². The molecule has 2 unspecified atom stereocenters. The molecule has 10 heteroatoms. The van der Waals surface area contributed by atoms with Crippen LogP contribution in [0.5, 0.6) is 11.5 Å². The van der Waals surface area contributed by atoms with Crippen LogP contribution in [-0.4, -0.2) is 80.0 Å². The Bertz CT molecular complexity index is 1250. The highest BCUT2D eigenvalue weighted by Gasteiger charge is 2.39. The molecule has 2 aromatic rings. The van der Waals surface area contributed by atoms with Crippen LogP contribution in [0.15, 0.2) is 30.3 Å². The number of anilines is 1. The van der Waals surface area contributed by atoms with Gasteiger partial charge in [-0.25, -0.2) is 4.79 Å². The number of benzene rings is 1. The van der Waals surface area contributed by atoms with Crippen molar-refractivity contribution in [2.45, 2.75) is 57.0 Å². The molecule has 1 aromatic carbocycles. The van der Waals surface area contributed by atoms with Crippen LogP contribution in [-0.2, 0) is 0 Å². The Kier molecular flexibility index (Phi) is 10.8. The number of carboxylic acid groups (broad SMARTS) is 1. The highest BCUT2D eigenvalue weighted by atomic mass is 35.5. The highest BCUT2D eigenvalue weighted by Crippen LogP contribution is 2.37. The summed E-state index contributed by atoms with van der Waals surface area (Å²) in [5, 5.41) is 21.0. The molecule has 0 radical (unpaired) electrons. The van der Waals surface area contributed by atoms with Gasteiger partial charge in [0.05, 0.1) is 30.9 Å². The molecule has 1 N–H and O–H groups in total. The molecule has 0 aliphatic carbocycles. The first-order chi connectivity index (χ1) is 19.5. The van der Waals surface area contributed by atoms with Crippen LogP contribution in [0.25, 0.3) is 11.6 Å². The van der Waals surface area contributed by atoms with E-state index in [9.17, 15) is 15.2 Å². The van der Waals surface area contributed by atoms with Gasteiger partial charge >= 0.3 is 6.09 Å². The third-order valence-electron chi connectivity index (χ3n) is 8.88. The summed E-state index contributed by atoms with van der Waals surface area (Å²) in [6, 6.07) is 12.7. The van der Waals surface area contributed by atoms with E-state index in [4.69, 9.17) is 9.47 Å². The summed E-state index contributed by atoms with van der Waals surface area (Å²) in [4.78, 5) is 19.9. The van der Waals surface area contributed by atoms with E-state index in [1.54, 1.807) is 30.5 Å². The van der Waals surface area contributed by atoms with Crippen molar-refractivity contribution in [1.82, 2.24) is 9.80 Å². The van der Waals surface area contributed by atoms with Gasteiger partial charge in [-0.1, -0.05) is 6.42 Å². The molecular formula is C31H41ClN4O4S. The first-order valence-corrected chi connectivity index (χ1v) is 15.2. The fourth-order valence-electron chi connectivity index (χ4n) is 6.70. The minimum absolute atomic E-state index is 0. The van der Waals surface area contributed by atoms with E-state index in [1.807, 2.05) is 24.3 Å². The molecule has 41 heavy (non-hydrogen) atoms. The van der Waals surface area contributed by atoms with Crippen molar-refractivity contribution in [3.05, 3.63) is 40.8 Å². The van der Waals surface area contributed by atoms with Crippen LogP contribution in [0.4, 0.5) is 9.80 Å². The van der Waals surface area contributed by atoms with Gasteiger partial charge in [-0.2, -0.15) is 5.26 Å². The normalized spacial score (nSPS) is 22.5. The third-order valence-corrected chi connectivity index (χ3v) is 9.97. The number of likely N-dealkylation sites (tertiary alicyclic amines) is 2. The lowest BCUT2D eigenvalue weighted by atomic mass is 9.81. The summed E-state index contributed by atoms with van der Waals surface area (Å²) in [5.74, 6) is 1.62. The second-order valence-electron chi connectivity index (χ2n) is 11.1. The van der Waals surface area contributed by atoms with E-state index in [0.717, 1.165) is 62.3 Å². The molecule has 3 fully saturated rings. The van der Waals surface area contributed by atoms with Gasteiger partial charge in [0.15, 0.2) is 11.5 Å². The zero-order valence-electron chi connectivity index (χ0n) is 24.0. The average molecular weight is 601 g/mol. The van der Waals surface area contributed by atoms with Gasteiger partial charge in [0.2, 0.25) is 0 Å². The van der Waals surface area contributed by atoms with E-state index in [0.29, 0.717) is 35.6 Å². The van der Waals surface area contributed by atoms with Crippen LogP contribution < -0.4 is 14.4 Å². The molecule has 3 aliphatic heterocycles. The number of methoxy groups -OCH3 is 2. The van der Waals surface area contributed by atoms with E-state index in [-0.39, 0.29) is 18.4 Å². The molecular weight excluding hydrogens is 560 g/mol. The van der Waals surface area contributed by atoms with E-state index < -0.39 is 6.09 Å². The van der Waals surface area contributed by atoms with Gasteiger partial charge in [0, 0.05) is 36.6 Å². The van der Waals surface area contributed by atoms with Crippen LogP contribution >= 0.6 is 23.7 Å². The second-order valence-corrected chi connectivity index (χ2v) is 12.2. The van der Waals surface area contributed by atoms with Crippen LogP contribution in [0, 0.1) is 17.2 Å². The molecule has 4 heterocycles. The molecule has 0 bridgehead atoms. The van der Waals surface area contributed by atoms with Crippen LogP contribution in [0.2, 0.25) is 0 Å². The minimum atomic E-state index is -0.762. The molecule has 1 amide bonds. The second kappa shape index (κ2) is 14.3. The number of ether oxygens (including phenoxy) is 2. The number of nitriles is 1. The number of amides is 1. The van der Waals surface area contributed by atoms with Gasteiger partial charge in [0.25, 0.3) is 0 Å². The first-order valence-electron chi connectivity index (χ1n) is 14.4. The Morgan fingerprint density at radius 1 is 1.00 bits per heavy atom. The number of nitrogens with zero attached hydrogens (tertiary/aromatic N) is 4. The maximum Gasteiger partial charge on any atom is 0.407 e. The summed E-state index contributed by atoms with van der Waals surface area (Å²) < 4.78 is 10.7. The molecule has 0 spiro atoms. The largest absolute Gasteiger partial charge is 0.493 e. The highest BCUT2D eigenvalue weighted by molar-refractivity contribution is 7.17. The minimum Gasteiger partial charge on any atom is -0.493 e. The molecule has 3 aliphatic rings. The van der Waals surface area contributed by atoms with Crippen molar-refractivity contribution in [3.8, 4) is 17.6 Å². The predicted octanol–water partition coefficient (Wildman–Crippen LogP) is 6.46. The molecule has 5 rings (SSSR count). The monoisotopic (exact) mass is 600 g/mol. The summed E-state index contributed by atoms with van der Waals surface area (Å²) in [6.45, 7) is 4.83. The van der Waals surface area contributed by atoms with Gasteiger partial charge in [-0.3, -0.25) is 0 Å². The van der Waals surface area contributed by atoms with E-state index >= 15 is 0 Å². The summed E-state index contributed by atoms with van der Waals surface area (Å²) in [5.41, 5.74) is 1.36. The standard InChI is InChI=1S/C31H40N4O4S.ClH/c1-38-28-8-6-23(19-29(28)39-2)24(21-32)18-26-7-9-30(40-26)34-15-10-22(11-16-34)27-20-25(12-17-35(27)31(36)37)33-13-4-3-5-14-33;/h6-9,18-19,22,25,27H,3-5,10-17,20H2,1-2H3,(H,36,37);1H. The Balaban J connectivity index is 0.00000387. The summed E-state index contributed by atoms with van der Waals surface area (Å²) in [6.07, 6.45) is 8.95. The smallest absolute Gasteiger partial charge is 0.407 e. The maximum atomic E-state index is 12.1. The Morgan fingerprint density at radius 3 is 2.39 bits per heavy atom. The Hall–Kier alpha value is -2.93. The summed E-state index contributed by atoms with van der Waals surface area (Å²) >= 11 is 1.69. The maximum absolute atomic E-state index is 12.1. The van der Waals surface area contributed by atoms with Crippen molar-refractivity contribution >= 4 is 46.5 Å². The van der Waals surface area contributed by atoms with Crippen molar-refractivity contribution in [1.29, 1.82) is 5.26 Å². The fraction of sp³-hybridized carbons (Fsp3) is 0.548. The van der Waals surface area contributed by atoms with Gasteiger partial charge in [-0.15, -0.1) is 23.7 Å². The molecule has 8 nitrogen and oxygen atoms in total. The number of halogens is 1. The number of allylic oxidation sites excluding steroid dienone is 1. The van der Waals surface area contributed by atoms with Gasteiger partial charge < -0.3 is 29.3 Å². The number of piperidine rings is 3. The fourth-order valence-corrected chi connectivity index (χ4v) is 7.70. The molecule has 1 aromatic heterocycles. The van der Waals surface area contributed by atoms with Crippen LogP contribution in [0.1, 0.15) is 55.4 Å². The van der Waals surface area contributed by atoms with Crippen molar-refractivity contribution in [3.63, 3.8) is 0 Å².